The monoisotopic (exact) mass is 375 g/mol. The van der Waals surface area contributed by atoms with Crippen molar-refractivity contribution in [3.8, 4) is 0 Å². The molecule has 0 aliphatic carbocycles. The van der Waals surface area contributed by atoms with Gasteiger partial charge in [-0.15, -0.1) is 23.5 Å². The van der Waals surface area contributed by atoms with Gasteiger partial charge in [0.05, 0.1) is 15.1 Å². The zero-order valence-electron chi connectivity index (χ0n) is 13.6. The van der Waals surface area contributed by atoms with Crippen LogP contribution in [0.5, 0.6) is 0 Å². The van der Waals surface area contributed by atoms with E-state index in [1.165, 1.54) is 17.7 Å². The van der Waals surface area contributed by atoms with Crippen LogP contribution >= 0.6 is 23.5 Å². The van der Waals surface area contributed by atoms with Gasteiger partial charge in [-0.25, -0.2) is 4.79 Å². The Bertz CT molecular complexity index is 773. The molecule has 0 amide bonds. The Morgan fingerprint density at radius 1 is 1.20 bits per heavy atom. The highest BCUT2D eigenvalue weighted by Gasteiger charge is 2.20. The number of non-ortho nitro benzene ring substituents is 1. The minimum atomic E-state index is -0.562. The lowest BCUT2D eigenvalue weighted by molar-refractivity contribution is -0.385. The van der Waals surface area contributed by atoms with E-state index in [-0.39, 0.29) is 5.69 Å². The molecule has 5 nitrogen and oxygen atoms in total. The number of carbonyl (C=O) groups is 1. The van der Waals surface area contributed by atoms with Crippen LogP contribution < -0.4 is 0 Å². The Kier molecular flexibility index (Phi) is 5.65. The zero-order chi connectivity index (χ0) is 17.8. The number of benzene rings is 2. The molecule has 25 heavy (non-hydrogen) atoms. The van der Waals surface area contributed by atoms with E-state index in [1.54, 1.807) is 31.2 Å². The van der Waals surface area contributed by atoms with Crippen molar-refractivity contribution in [2.45, 2.75) is 17.6 Å². The fourth-order valence-electron chi connectivity index (χ4n) is 2.52. The molecule has 130 valence electrons. The number of nitrogens with zero attached hydrogens (tertiary/aromatic N) is 1. The van der Waals surface area contributed by atoms with Crippen molar-refractivity contribution >= 4 is 35.2 Å². The van der Waals surface area contributed by atoms with E-state index < -0.39 is 17.0 Å². The lowest BCUT2D eigenvalue weighted by atomic mass is 10.1. The smallest absolute Gasteiger partial charge is 0.338 e. The van der Waals surface area contributed by atoms with Crippen LogP contribution in [0, 0.1) is 10.1 Å². The Morgan fingerprint density at radius 2 is 1.88 bits per heavy atom. The SMILES string of the molecule is C[C@H](OC(=O)c1ccc(C2SCCS2)cc1)c1cccc([N+](=O)[O-])c1. The van der Waals surface area contributed by atoms with E-state index in [2.05, 4.69) is 0 Å². The maximum absolute atomic E-state index is 12.3. The molecule has 0 spiro atoms. The first-order valence-corrected chi connectivity index (χ1v) is 9.93. The second-order valence-electron chi connectivity index (χ2n) is 5.60. The predicted molar refractivity (Wildman–Crippen MR) is 101 cm³/mol. The number of nitro benzene ring substituents is 1. The normalized spacial score (nSPS) is 15.7. The largest absolute Gasteiger partial charge is 0.454 e. The van der Waals surface area contributed by atoms with Gasteiger partial charge in [-0.05, 0) is 30.2 Å². The molecular formula is C18H17NO4S2. The average Bonchev–Trinajstić information content (AvgIpc) is 3.16. The molecular weight excluding hydrogens is 358 g/mol. The van der Waals surface area contributed by atoms with Crippen molar-refractivity contribution < 1.29 is 14.5 Å². The Hall–Kier alpha value is -1.99. The molecule has 0 aromatic heterocycles. The number of nitro groups is 1. The minimum absolute atomic E-state index is 0.0173. The molecule has 0 N–H and O–H groups in total. The number of hydrogen-bond acceptors (Lipinski definition) is 6. The number of hydrogen-bond donors (Lipinski definition) is 0. The number of esters is 1. The molecule has 0 unspecified atom stereocenters. The van der Waals surface area contributed by atoms with E-state index in [0.717, 1.165) is 11.5 Å². The van der Waals surface area contributed by atoms with Gasteiger partial charge in [-0.3, -0.25) is 10.1 Å². The van der Waals surface area contributed by atoms with Crippen LogP contribution in [0.1, 0.15) is 39.1 Å². The first-order chi connectivity index (χ1) is 12.0. The van der Waals surface area contributed by atoms with E-state index in [1.807, 2.05) is 35.7 Å². The summed E-state index contributed by atoms with van der Waals surface area (Å²) in [7, 11) is 0. The van der Waals surface area contributed by atoms with Gasteiger partial charge in [-0.1, -0.05) is 24.3 Å². The summed E-state index contributed by atoms with van der Waals surface area (Å²) in [6.07, 6.45) is -0.562. The number of thioether (sulfide) groups is 2. The van der Waals surface area contributed by atoms with Gasteiger partial charge in [0.1, 0.15) is 6.10 Å². The Labute approximate surface area is 154 Å². The molecule has 7 heteroatoms. The quantitative estimate of drug-likeness (QED) is 0.416. The maximum Gasteiger partial charge on any atom is 0.338 e. The van der Waals surface area contributed by atoms with E-state index >= 15 is 0 Å². The molecule has 1 fully saturated rings. The highest BCUT2D eigenvalue weighted by atomic mass is 32.2. The molecule has 1 saturated heterocycles. The molecule has 0 saturated carbocycles. The highest BCUT2D eigenvalue weighted by Crippen LogP contribution is 2.45. The molecule has 2 aromatic rings. The van der Waals surface area contributed by atoms with Gasteiger partial charge in [0, 0.05) is 23.6 Å². The average molecular weight is 375 g/mol. The predicted octanol–water partition coefficient (Wildman–Crippen LogP) is 4.99. The van der Waals surface area contributed by atoms with E-state index in [0.29, 0.717) is 15.7 Å². The topological polar surface area (TPSA) is 69.4 Å². The zero-order valence-corrected chi connectivity index (χ0v) is 15.2. The van der Waals surface area contributed by atoms with Crippen molar-refractivity contribution in [3.63, 3.8) is 0 Å². The minimum Gasteiger partial charge on any atom is -0.454 e. The van der Waals surface area contributed by atoms with Crippen LogP contribution in [0.15, 0.2) is 48.5 Å². The fourth-order valence-corrected chi connectivity index (χ4v) is 5.37. The van der Waals surface area contributed by atoms with Gasteiger partial charge in [0.15, 0.2) is 0 Å². The standard InChI is InChI=1S/C18H17NO4S2/c1-12(15-3-2-4-16(11-15)19(21)22)23-17(20)13-5-7-14(8-6-13)18-24-9-10-25-18/h2-8,11-12,18H,9-10H2,1H3/t12-/m0/s1. The van der Waals surface area contributed by atoms with Crippen molar-refractivity contribution in [1.82, 2.24) is 0 Å². The molecule has 1 atom stereocenters. The summed E-state index contributed by atoms with van der Waals surface area (Å²) in [4.78, 5) is 22.7. The third-order valence-electron chi connectivity index (χ3n) is 3.87. The summed E-state index contributed by atoms with van der Waals surface area (Å²) in [5.41, 5.74) is 2.26. The fraction of sp³-hybridized carbons (Fsp3) is 0.278. The second kappa shape index (κ2) is 7.93. The first-order valence-electron chi connectivity index (χ1n) is 7.83. The lowest BCUT2D eigenvalue weighted by Crippen LogP contribution is -2.09. The van der Waals surface area contributed by atoms with Crippen molar-refractivity contribution in [2.24, 2.45) is 0 Å². The number of rotatable bonds is 5. The summed E-state index contributed by atoms with van der Waals surface area (Å²) >= 11 is 3.83. The Morgan fingerprint density at radius 3 is 2.52 bits per heavy atom. The van der Waals surface area contributed by atoms with Crippen LogP contribution in [0.25, 0.3) is 0 Å². The maximum atomic E-state index is 12.3. The van der Waals surface area contributed by atoms with Gasteiger partial charge < -0.3 is 4.74 Å². The van der Waals surface area contributed by atoms with Gasteiger partial charge in [0.25, 0.3) is 5.69 Å². The summed E-state index contributed by atoms with van der Waals surface area (Å²) in [5, 5.41) is 10.9. The molecule has 1 heterocycles. The highest BCUT2D eigenvalue weighted by molar-refractivity contribution is 8.19. The van der Waals surface area contributed by atoms with Crippen LogP contribution in [-0.4, -0.2) is 22.4 Å². The van der Waals surface area contributed by atoms with Crippen LogP contribution in [-0.2, 0) is 4.74 Å². The van der Waals surface area contributed by atoms with Crippen molar-refractivity contribution in [2.75, 3.05) is 11.5 Å². The number of ether oxygens (including phenoxy) is 1. The van der Waals surface area contributed by atoms with Crippen molar-refractivity contribution in [3.05, 3.63) is 75.3 Å². The third-order valence-corrected chi connectivity index (χ3v) is 6.98. The molecule has 1 aliphatic rings. The van der Waals surface area contributed by atoms with Gasteiger partial charge in [0.2, 0.25) is 0 Å². The number of carbonyl (C=O) groups excluding carboxylic acids is 1. The van der Waals surface area contributed by atoms with Crippen LogP contribution in [0.4, 0.5) is 5.69 Å². The molecule has 3 rings (SSSR count). The van der Waals surface area contributed by atoms with Gasteiger partial charge >= 0.3 is 5.97 Å². The van der Waals surface area contributed by atoms with E-state index in [4.69, 9.17) is 4.74 Å². The summed E-state index contributed by atoms with van der Waals surface area (Å²) in [5.74, 6) is 1.87. The Balaban J connectivity index is 1.67. The van der Waals surface area contributed by atoms with Crippen LogP contribution in [0.3, 0.4) is 0 Å². The summed E-state index contributed by atoms with van der Waals surface area (Å²) < 4.78 is 5.89. The molecule has 2 aromatic carbocycles. The van der Waals surface area contributed by atoms with Gasteiger partial charge in [-0.2, -0.15) is 0 Å². The molecule has 0 bridgehead atoms. The summed E-state index contributed by atoms with van der Waals surface area (Å²) in [6.45, 7) is 1.71. The second-order valence-corrected chi connectivity index (χ2v) is 8.32. The van der Waals surface area contributed by atoms with Crippen molar-refractivity contribution in [1.29, 1.82) is 0 Å². The molecule has 1 aliphatic heterocycles. The van der Waals surface area contributed by atoms with E-state index in [9.17, 15) is 14.9 Å². The van der Waals surface area contributed by atoms with Crippen LogP contribution in [0.2, 0.25) is 0 Å². The lowest BCUT2D eigenvalue weighted by Gasteiger charge is -2.14. The summed E-state index contributed by atoms with van der Waals surface area (Å²) in [6, 6.07) is 13.6. The third kappa shape index (κ3) is 4.35. The first kappa shape index (κ1) is 17.8. The molecule has 0 radical (unpaired) electrons.